The maximum atomic E-state index is 13.4. The fraction of sp³-hybridized carbons (Fsp3) is 0.250. The van der Waals surface area contributed by atoms with Gasteiger partial charge in [-0.1, -0.05) is 29.8 Å². The van der Waals surface area contributed by atoms with Crippen LogP contribution in [0.2, 0.25) is 5.02 Å². The minimum atomic E-state index is -4.69. The van der Waals surface area contributed by atoms with Gasteiger partial charge in [0.2, 0.25) is 0 Å². The van der Waals surface area contributed by atoms with Crippen molar-refractivity contribution in [3.8, 4) is 0 Å². The molecule has 0 N–H and O–H groups in total. The van der Waals surface area contributed by atoms with Crippen molar-refractivity contribution >= 4 is 17.5 Å². The average molecular weight is 439 g/mol. The lowest BCUT2D eigenvalue weighted by molar-refractivity contribution is -0.137. The molecule has 0 radical (unpaired) electrons. The van der Waals surface area contributed by atoms with E-state index in [0.29, 0.717) is 23.8 Å². The summed E-state index contributed by atoms with van der Waals surface area (Å²) in [6, 6.07) is 7.99. The van der Waals surface area contributed by atoms with Gasteiger partial charge >= 0.3 is 6.18 Å². The van der Waals surface area contributed by atoms with Gasteiger partial charge in [-0.2, -0.15) is 13.2 Å². The van der Waals surface area contributed by atoms with Gasteiger partial charge in [-0.3, -0.25) is 4.79 Å². The van der Waals surface area contributed by atoms with Crippen LogP contribution in [0.15, 0.2) is 42.5 Å². The Balaban J connectivity index is 1.81. The molecular weight excluding hydrogens is 424 g/mol. The second kappa shape index (κ2) is 7.39. The van der Waals surface area contributed by atoms with E-state index in [1.165, 1.54) is 35.2 Å². The Labute approximate surface area is 173 Å². The predicted octanol–water partition coefficient (Wildman–Crippen LogP) is 4.64. The van der Waals surface area contributed by atoms with Gasteiger partial charge in [-0.15, -0.1) is 10.2 Å². The van der Waals surface area contributed by atoms with Crippen molar-refractivity contribution < 1.29 is 22.4 Å². The molecule has 0 fully saturated rings. The number of amides is 1. The molecule has 1 aromatic heterocycles. The number of aryl methyl sites for hydroxylation is 1. The lowest BCUT2D eigenvalue weighted by Gasteiger charge is -2.36. The number of carbonyl (C=O) groups excluding carboxylic acids is 1. The number of halogens is 5. The van der Waals surface area contributed by atoms with Gasteiger partial charge in [-0.05, 0) is 36.8 Å². The van der Waals surface area contributed by atoms with Crippen LogP contribution in [0, 0.1) is 12.7 Å². The average Bonchev–Trinajstić information content (AvgIpc) is 3.08. The summed E-state index contributed by atoms with van der Waals surface area (Å²) >= 11 is 5.98. The van der Waals surface area contributed by atoms with Crippen molar-refractivity contribution in [2.75, 3.05) is 6.54 Å². The second-order valence-corrected chi connectivity index (χ2v) is 7.25. The molecule has 3 aromatic rings. The maximum absolute atomic E-state index is 13.4. The molecule has 1 amide bonds. The Morgan fingerprint density at radius 1 is 1.10 bits per heavy atom. The number of alkyl halides is 3. The number of aromatic nitrogens is 3. The molecule has 0 aliphatic carbocycles. The topological polar surface area (TPSA) is 51.0 Å². The molecular formula is C20H15ClF4N4O. The van der Waals surface area contributed by atoms with Crippen LogP contribution in [0.3, 0.4) is 0 Å². The van der Waals surface area contributed by atoms with Gasteiger partial charge in [0, 0.05) is 13.1 Å². The number of benzene rings is 2. The molecule has 1 aliphatic heterocycles. The summed E-state index contributed by atoms with van der Waals surface area (Å²) in [4.78, 5) is 14.7. The second-order valence-electron chi connectivity index (χ2n) is 6.87. The van der Waals surface area contributed by atoms with Gasteiger partial charge in [0.1, 0.15) is 17.7 Å². The van der Waals surface area contributed by atoms with E-state index in [-0.39, 0.29) is 12.1 Å². The van der Waals surface area contributed by atoms with Crippen molar-refractivity contribution in [2.45, 2.75) is 25.7 Å². The van der Waals surface area contributed by atoms with E-state index in [4.69, 9.17) is 11.6 Å². The SMILES string of the molecule is Cc1nnc2n1CCN(C(=O)c1cccc(C(F)(F)F)c1Cl)[C@@H]2c1ccc(F)cc1. The highest BCUT2D eigenvalue weighted by molar-refractivity contribution is 6.34. The largest absolute Gasteiger partial charge is 0.417 e. The van der Waals surface area contributed by atoms with E-state index < -0.39 is 34.5 Å². The quantitative estimate of drug-likeness (QED) is 0.548. The van der Waals surface area contributed by atoms with Gasteiger partial charge in [0.15, 0.2) is 5.82 Å². The Morgan fingerprint density at radius 3 is 2.47 bits per heavy atom. The summed E-state index contributed by atoms with van der Waals surface area (Å²) in [7, 11) is 0. The van der Waals surface area contributed by atoms with Crippen molar-refractivity contribution in [3.63, 3.8) is 0 Å². The molecule has 0 bridgehead atoms. The van der Waals surface area contributed by atoms with Crippen molar-refractivity contribution in [1.29, 1.82) is 0 Å². The van der Waals surface area contributed by atoms with E-state index in [1.807, 2.05) is 4.57 Å². The highest BCUT2D eigenvalue weighted by atomic mass is 35.5. The van der Waals surface area contributed by atoms with Crippen LogP contribution in [0.4, 0.5) is 17.6 Å². The molecule has 0 spiro atoms. The Bertz CT molecular complexity index is 1110. The summed E-state index contributed by atoms with van der Waals surface area (Å²) in [6.45, 7) is 2.33. The van der Waals surface area contributed by atoms with Crippen LogP contribution in [0.1, 0.15) is 39.2 Å². The van der Waals surface area contributed by atoms with Crippen LogP contribution >= 0.6 is 11.6 Å². The Kier molecular flexibility index (Phi) is 5.01. The minimum absolute atomic E-state index is 0.194. The molecule has 0 saturated carbocycles. The smallest absolute Gasteiger partial charge is 0.322 e. The summed E-state index contributed by atoms with van der Waals surface area (Å²) in [5.41, 5.74) is -0.783. The fourth-order valence-electron chi connectivity index (χ4n) is 3.62. The molecule has 5 nitrogen and oxygen atoms in total. The fourth-order valence-corrected chi connectivity index (χ4v) is 3.93. The molecule has 30 heavy (non-hydrogen) atoms. The molecule has 1 atom stereocenters. The van der Waals surface area contributed by atoms with E-state index in [2.05, 4.69) is 10.2 Å². The first-order valence-electron chi connectivity index (χ1n) is 9.00. The standard InChI is InChI=1S/C20H15ClF4N4O/c1-11-26-27-18-17(12-5-7-13(22)8-6-12)29(10-9-28(11)18)19(30)14-3-2-4-15(16(14)21)20(23,24)25/h2-8,17H,9-10H2,1H3/t17-/m1/s1. The third kappa shape index (κ3) is 3.43. The molecule has 2 aromatic carbocycles. The number of rotatable bonds is 2. The van der Waals surface area contributed by atoms with Crippen LogP contribution < -0.4 is 0 Å². The minimum Gasteiger partial charge on any atom is -0.322 e. The molecule has 156 valence electrons. The molecule has 0 unspecified atom stereocenters. The highest BCUT2D eigenvalue weighted by Gasteiger charge is 2.39. The van der Waals surface area contributed by atoms with Gasteiger partial charge in [0.05, 0.1) is 16.1 Å². The molecule has 0 saturated heterocycles. The zero-order chi connectivity index (χ0) is 21.6. The van der Waals surface area contributed by atoms with E-state index >= 15 is 0 Å². The van der Waals surface area contributed by atoms with Crippen molar-refractivity contribution in [1.82, 2.24) is 19.7 Å². The van der Waals surface area contributed by atoms with Crippen LogP contribution in [0.25, 0.3) is 0 Å². The van der Waals surface area contributed by atoms with Crippen molar-refractivity contribution in [2.24, 2.45) is 0 Å². The first kappa shape index (κ1) is 20.3. The first-order valence-corrected chi connectivity index (χ1v) is 9.38. The van der Waals surface area contributed by atoms with Gasteiger partial charge in [0.25, 0.3) is 5.91 Å². The van der Waals surface area contributed by atoms with Crippen LogP contribution in [0.5, 0.6) is 0 Å². The Morgan fingerprint density at radius 2 is 1.80 bits per heavy atom. The zero-order valence-corrected chi connectivity index (χ0v) is 16.4. The monoisotopic (exact) mass is 438 g/mol. The van der Waals surface area contributed by atoms with Gasteiger partial charge < -0.3 is 9.47 Å². The lowest BCUT2D eigenvalue weighted by atomic mass is 10.0. The third-order valence-corrected chi connectivity index (χ3v) is 5.47. The van der Waals surface area contributed by atoms with E-state index in [1.54, 1.807) is 6.92 Å². The van der Waals surface area contributed by atoms with Gasteiger partial charge in [-0.25, -0.2) is 4.39 Å². The van der Waals surface area contributed by atoms with Crippen molar-refractivity contribution in [3.05, 3.63) is 81.6 Å². The number of nitrogens with zero attached hydrogens (tertiary/aromatic N) is 4. The number of hydrogen-bond donors (Lipinski definition) is 0. The number of fused-ring (bicyclic) bond motifs is 1. The summed E-state index contributed by atoms with van der Waals surface area (Å²) in [6.07, 6.45) is -4.69. The third-order valence-electron chi connectivity index (χ3n) is 5.07. The zero-order valence-electron chi connectivity index (χ0n) is 15.6. The summed E-state index contributed by atoms with van der Waals surface area (Å²) in [5, 5.41) is 7.55. The van der Waals surface area contributed by atoms with E-state index in [9.17, 15) is 22.4 Å². The van der Waals surface area contributed by atoms with Crippen LogP contribution in [-0.4, -0.2) is 32.1 Å². The maximum Gasteiger partial charge on any atom is 0.417 e. The highest BCUT2D eigenvalue weighted by Crippen LogP contribution is 2.38. The lowest BCUT2D eigenvalue weighted by Crippen LogP contribution is -2.43. The molecule has 10 heteroatoms. The number of hydrogen-bond acceptors (Lipinski definition) is 3. The van der Waals surface area contributed by atoms with E-state index in [0.717, 1.165) is 12.1 Å². The Hall–Kier alpha value is -2.94. The molecule has 2 heterocycles. The predicted molar refractivity (Wildman–Crippen MR) is 100 cm³/mol. The molecule has 1 aliphatic rings. The van der Waals surface area contributed by atoms with Crippen LogP contribution in [-0.2, 0) is 12.7 Å². The molecule has 4 rings (SSSR count). The normalized spacial score (nSPS) is 16.5. The number of carbonyl (C=O) groups is 1. The summed E-state index contributed by atoms with van der Waals surface area (Å²) < 4.78 is 55.0. The first-order chi connectivity index (χ1) is 14.2. The summed E-state index contributed by atoms with van der Waals surface area (Å²) in [5.74, 6) is -0.0403.